The third-order valence-electron chi connectivity index (χ3n) is 4.19. The first-order valence-electron chi connectivity index (χ1n) is 7.95. The molecule has 0 spiro atoms. The second-order valence-corrected chi connectivity index (χ2v) is 5.75. The topological polar surface area (TPSA) is 71.8 Å². The molecule has 1 aromatic heterocycles. The minimum Gasteiger partial charge on any atom is -0.477 e. The van der Waals surface area contributed by atoms with Crippen LogP contribution in [0.25, 0.3) is 11.0 Å². The van der Waals surface area contributed by atoms with Gasteiger partial charge in [-0.1, -0.05) is 30.3 Å². The average Bonchev–Trinajstić information content (AvgIpc) is 3.10. The number of furan rings is 1. The van der Waals surface area contributed by atoms with Crippen LogP contribution in [0.4, 0.5) is 5.69 Å². The summed E-state index contributed by atoms with van der Waals surface area (Å²) in [4.78, 5) is 26.6. The Morgan fingerprint density at radius 1 is 1.12 bits per heavy atom. The maximum Gasteiger partial charge on any atom is 0.294 e. The van der Waals surface area contributed by atoms with Gasteiger partial charge in [0.2, 0.25) is 0 Å². The van der Waals surface area contributed by atoms with Gasteiger partial charge in [-0.2, -0.15) is 0 Å². The maximum absolute atomic E-state index is 13.0. The molecule has 1 N–H and O–H groups in total. The maximum atomic E-state index is 13.0. The van der Waals surface area contributed by atoms with Crippen molar-refractivity contribution in [2.45, 2.75) is 6.10 Å². The molecule has 0 saturated carbocycles. The summed E-state index contributed by atoms with van der Waals surface area (Å²) >= 11 is 0. The van der Waals surface area contributed by atoms with Gasteiger partial charge in [0.05, 0.1) is 12.2 Å². The molecule has 4 rings (SSSR count). The van der Waals surface area contributed by atoms with E-state index >= 15 is 0 Å². The zero-order valence-corrected chi connectivity index (χ0v) is 13.6. The molecule has 0 aliphatic carbocycles. The highest BCUT2D eigenvalue weighted by Gasteiger charge is 2.34. The molecule has 25 heavy (non-hydrogen) atoms. The van der Waals surface area contributed by atoms with E-state index in [4.69, 9.17) is 9.15 Å². The van der Waals surface area contributed by atoms with Crippen molar-refractivity contribution >= 4 is 28.5 Å². The van der Waals surface area contributed by atoms with Gasteiger partial charge < -0.3 is 14.5 Å². The van der Waals surface area contributed by atoms with E-state index < -0.39 is 6.10 Å². The first kappa shape index (κ1) is 15.3. The smallest absolute Gasteiger partial charge is 0.294 e. The van der Waals surface area contributed by atoms with Gasteiger partial charge in [-0.3, -0.25) is 14.5 Å². The van der Waals surface area contributed by atoms with Gasteiger partial charge in [-0.25, -0.2) is 0 Å². The van der Waals surface area contributed by atoms with Crippen LogP contribution in [0, 0.1) is 0 Å². The van der Waals surface area contributed by atoms with E-state index in [2.05, 4.69) is 5.32 Å². The van der Waals surface area contributed by atoms with Crippen molar-refractivity contribution in [2.24, 2.45) is 0 Å². The molecule has 3 aromatic rings. The molecule has 2 amide bonds. The Bertz CT molecular complexity index is 930. The molecular weight excluding hydrogens is 320 g/mol. The number of carbonyl (C=O) groups is 2. The van der Waals surface area contributed by atoms with Crippen LogP contribution in [-0.2, 0) is 4.79 Å². The van der Waals surface area contributed by atoms with Gasteiger partial charge in [0.15, 0.2) is 11.9 Å². The molecule has 0 unspecified atom stereocenters. The van der Waals surface area contributed by atoms with Crippen LogP contribution in [0.5, 0.6) is 5.75 Å². The first-order chi connectivity index (χ1) is 12.2. The Hall–Kier alpha value is -3.28. The van der Waals surface area contributed by atoms with E-state index in [-0.39, 0.29) is 24.1 Å². The lowest BCUT2D eigenvalue weighted by molar-refractivity contribution is -0.127. The molecule has 0 bridgehead atoms. The molecule has 0 radical (unpaired) electrons. The molecule has 2 heterocycles. The second-order valence-electron chi connectivity index (χ2n) is 5.75. The van der Waals surface area contributed by atoms with E-state index in [0.29, 0.717) is 17.0 Å². The first-order valence-corrected chi connectivity index (χ1v) is 7.95. The van der Waals surface area contributed by atoms with Gasteiger partial charge in [0, 0.05) is 12.4 Å². The highest BCUT2D eigenvalue weighted by Crippen LogP contribution is 2.34. The summed E-state index contributed by atoms with van der Waals surface area (Å²) in [5.74, 6) is 0.137. The fourth-order valence-corrected chi connectivity index (χ4v) is 2.94. The number of amides is 2. The summed E-state index contributed by atoms with van der Waals surface area (Å²) in [6.45, 7) is 0.118. The Morgan fingerprint density at radius 3 is 2.68 bits per heavy atom. The fourth-order valence-electron chi connectivity index (χ4n) is 2.94. The number of benzene rings is 2. The van der Waals surface area contributed by atoms with Gasteiger partial charge in [-0.05, 0) is 24.3 Å². The molecule has 6 nitrogen and oxygen atoms in total. The normalized spacial score (nSPS) is 16.2. The molecule has 0 fully saturated rings. The summed E-state index contributed by atoms with van der Waals surface area (Å²) in [7, 11) is 1.54. The molecule has 126 valence electrons. The minimum absolute atomic E-state index is 0.118. The van der Waals surface area contributed by atoms with E-state index in [9.17, 15) is 9.59 Å². The number of para-hydroxylation sites is 3. The Balaban J connectivity index is 1.74. The summed E-state index contributed by atoms with van der Waals surface area (Å²) in [6.07, 6.45) is -0.770. The lowest BCUT2D eigenvalue weighted by Crippen LogP contribution is -2.50. The Kier molecular flexibility index (Phi) is 3.65. The number of rotatable bonds is 2. The molecule has 1 aliphatic heterocycles. The number of nitrogens with zero attached hydrogens (tertiary/aromatic N) is 1. The highest BCUT2D eigenvalue weighted by molar-refractivity contribution is 6.08. The largest absolute Gasteiger partial charge is 0.477 e. The van der Waals surface area contributed by atoms with Crippen LogP contribution in [0.2, 0.25) is 0 Å². The van der Waals surface area contributed by atoms with E-state index in [1.54, 1.807) is 24.3 Å². The van der Waals surface area contributed by atoms with Crippen LogP contribution in [0.15, 0.2) is 59.0 Å². The van der Waals surface area contributed by atoms with Crippen LogP contribution in [0.1, 0.15) is 10.6 Å². The third kappa shape index (κ3) is 2.61. The number of hydrogen-bond donors (Lipinski definition) is 1. The molecular formula is C19H16N2O4. The summed E-state index contributed by atoms with van der Waals surface area (Å²) < 4.78 is 11.4. The van der Waals surface area contributed by atoms with Crippen molar-refractivity contribution in [2.75, 3.05) is 18.5 Å². The van der Waals surface area contributed by atoms with Crippen molar-refractivity contribution in [1.29, 1.82) is 0 Å². The van der Waals surface area contributed by atoms with Crippen molar-refractivity contribution < 1.29 is 18.7 Å². The standard InChI is InChI=1S/C19H16N2O4/c1-20-18(22)17-11-21(13-7-3-5-9-15(13)25-17)19(23)16-10-12-6-2-4-8-14(12)24-16/h2-10,17H,11H2,1H3,(H,20,22)/t17-/m1/s1. The number of ether oxygens (including phenoxy) is 1. The summed E-state index contributed by atoms with van der Waals surface area (Å²) in [6, 6.07) is 16.3. The Morgan fingerprint density at radius 2 is 1.88 bits per heavy atom. The predicted octanol–water partition coefficient (Wildman–Crippen LogP) is 2.59. The number of carbonyl (C=O) groups excluding carboxylic acids is 2. The van der Waals surface area contributed by atoms with Crippen molar-refractivity contribution in [3.63, 3.8) is 0 Å². The van der Waals surface area contributed by atoms with Crippen molar-refractivity contribution in [3.8, 4) is 5.75 Å². The van der Waals surface area contributed by atoms with Crippen LogP contribution >= 0.6 is 0 Å². The summed E-state index contributed by atoms with van der Waals surface area (Å²) in [5, 5.41) is 3.42. The molecule has 6 heteroatoms. The predicted molar refractivity (Wildman–Crippen MR) is 92.8 cm³/mol. The number of nitrogens with one attached hydrogen (secondary N) is 1. The van der Waals surface area contributed by atoms with Crippen LogP contribution in [-0.4, -0.2) is 31.5 Å². The second kappa shape index (κ2) is 5.98. The number of hydrogen-bond acceptors (Lipinski definition) is 4. The lowest BCUT2D eigenvalue weighted by atomic mass is 10.1. The average molecular weight is 336 g/mol. The SMILES string of the molecule is CNC(=O)[C@H]1CN(C(=O)c2cc3ccccc3o2)c2ccccc2O1. The zero-order valence-electron chi connectivity index (χ0n) is 13.6. The zero-order chi connectivity index (χ0) is 17.4. The number of anilines is 1. The van der Waals surface area contributed by atoms with Crippen molar-refractivity contribution in [1.82, 2.24) is 5.32 Å². The van der Waals surface area contributed by atoms with Crippen LogP contribution in [0.3, 0.4) is 0 Å². The molecule has 1 aliphatic rings. The highest BCUT2D eigenvalue weighted by atomic mass is 16.5. The Labute approximate surface area is 144 Å². The van der Waals surface area contributed by atoms with Crippen molar-refractivity contribution in [3.05, 3.63) is 60.4 Å². The minimum atomic E-state index is -0.770. The van der Waals surface area contributed by atoms with E-state index in [1.807, 2.05) is 30.3 Å². The van der Waals surface area contributed by atoms with E-state index in [0.717, 1.165) is 5.39 Å². The third-order valence-corrected chi connectivity index (χ3v) is 4.19. The van der Waals surface area contributed by atoms with Gasteiger partial charge in [0.1, 0.15) is 11.3 Å². The van der Waals surface area contributed by atoms with E-state index in [1.165, 1.54) is 11.9 Å². The van der Waals surface area contributed by atoms with Crippen LogP contribution < -0.4 is 15.0 Å². The van der Waals surface area contributed by atoms with Gasteiger partial charge >= 0.3 is 0 Å². The summed E-state index contributed by atoms with van der Waals surface area (Å²) in [5.41, 5.74) is 1.27. The fraction of sp³-hybridized carbons (Fsp3) is 0.158. The molecule has 0 saturated heterocycles. The monoisotopic (exact) mass is 336 g/mol. The van der Waals surface area contributed by atoms with Gasteiger partial charge in [0.25, 0.3) is 11.8 Å². The number of likely N-dealkylation sites (N-methyl/N-ethyl adjacent to an activating group) is 1. The quantitative estimate of drug-likeness (QED) is 0.781. The molecule has 1 atom stereocenters. The van der Waals surface area contributed by atoms with Gasteiger partial charge in [-0.15, -0.1) is 0 Å². The lowest BCUT2D eigenvalue weighted by Gasteiger charge is -2.33. The number of fused-ring (bicyclic) bond motifs is 2. The molecule has 2 aromatic carbocycles.